The quantitative estimate of drug-likeness (QED) is 0.885. The first kappa shape index (κ1) is 13.4. The third-order valence-electron chi connectivity index (χ3n) is 3.45. The van der Waals surface area contributed by atoms with Gasteiger partial charge in [-0.2, -0.15) is 0 Å². The van der Waals surface area contributed by atoms with Crippen LogP contribution >= 0.6 is 0 Å². The van der Waals surface area contributed by atoms with Gasteiger partial charge in [-0.1, -0.05) is 19.1 Å². The Morgan fingerprint density at radius 1 is 1.28 bits per heavy atom. The molecule has 0 amide bonds. The number of morpholine rings is 1. The first-order chi connectivity index (χ1) is 8.70. The minimum Gasteiger partial charge on any atom is -0.375 e. The lowest BCUT2D eigenvalue weighted by Crippen LogP contribution is -2.47. The van der Waals surface area contributed by atoms with Gasteiger partial charge in [0.25, 0.3) is 0 Å². The van der Waals surface area contributed by atoms with Crippen molar-refractivity contribution in [3.8, 4) is 0 Å². The Balaban J connectivity index is 2.03. The SMILES string of the molecule is CCNCc1ccc(N2CC(C)OCC2C)cc1. The Hall–Kier alpha value is -1.06. The molecule has 2 rings (SSSR count). The van der Waals surface area contributed by atoms with Crippen LogP contribution in [0.25, 0.3) is 0 Å². The van der Waals surface area contributed by atoms with Gasteiger partial charge in [-0.05, 0) is 38.1 Å². The Morgan fingerprint density at radius 3 is 2.67 bits per heavy atom. The number of hydrogen-bond acceptors (Lipinski definition) is 3. The molecule has 0 aliphatic carbocycles. The second kappa shape index (κ2) is 6.21. The van der Waals surface area contributed by atoms with Crippen molar-refractivity contribution >= 4 is 5.69 Å². The minimum absolute atomic E-state index is 0.322. The third-order valence-corrected chi connectivity index (χ3v) is 3.45. The zero-order valence-corrected chi connectivity index (χ0v) is 11.6. The van der Waals surface area contributed by atoms with Crippen LogP contribution in [0, 0.1) is 0 Å². The summed E-state index contributed by atoms with van der Waals surface area (Å²) in [5.41, 5.74) is 2.65. The normalized spacial score (nSPS) is 24.3. The molecular weight excluding hydrogens is 224 g/mol. The summed E-state index contributed by atoms with van der Waals surface area (Å²) in [5, 5.41) is 3.35. The van der Waals surface area contributed by atoms with Crippen LogP contribution in [0.3, 0.4) is 0 Å². The zero-order valence-electron chi connectivity index (χ0n) is 11.6. The van der Waals surface area contributed by atoms with E-state index < -0.39 is 0 Å². The molecule has 1 N–H and O–H groups in total. The predicted molar refractivity (Wildman–Crippen MR) is 76.0 cm³/mol. The zero-order chi connectivity index (χ0) is 13.0. The Bertz CT molecular complexity index is 363. The maximum atomic E-state index is 5.67. The van der Waals surface area contributed by atoms with E-state index in [9.17, 15) is 0 Å². The highest BCUT2D eigenvalue weighted by Crippen LogP contribution is 2.22. The van der Waals surface area contributed by atoms with E-state index in [1.807, 2.05) is 0 Å². The number of nitrogens with one attached hydrogen (secondary N) is 1. The molecule has 0 spiro atoms. The fourth-order valence-corrected chi connectivity index (χ4v) is 2.34. The number of benzene rings is 1. The van der Waals surface area contributed by atoms with Crippen LogP contribution in [0.5, 0.6) is 0 Å². The number of hydrogen-bond donors (Lipinski definition) is 1. The minimum atomic E-state index is 0.322. The molecule has 3 heteroatoms. The molecule has 1 fully saturated rings. The maximum absolute atomic E-state index is 5.67. The number of ether oxygens (including phenoxy) is 1. The van der Waals surface area contributed by atoms with Crippen molar-refractivity contribution in [3.05, 3.63) is 29.8 Å². The average molecular weight is 248 g/mol. The molecule has 0 aromatic heterocycles. The van der Waals surface area contributed by atoms with Gasteiger partial charge >= 0.3 is 0 Å². The molecule has 1 aliphatic heterocycles. The van der Waals surface area contributed by atoms with Crippen molar-refractivity contribution < 1.29 is 4.74 Å². The summed E-state index contributed by atoms with van der Waals surface area (Å²) in [6.07, 6.45) is 0.322. The monoisotopic (exact) mass is 248 g/mol. The first-order valence-electron chi connectivity index (χ1n) is 6.88. The number of nitrogens with zero attached hydrogens (tertiary/aromatic N) is 1. The lowest BCUT2D eigenvalue weighted by Gasteiger charge is -2.38. The van der Waals surface area contributed by atoms with Crippen molar-refractivity contribution in [2.45, 2.75) is 39.5 Å². The van der Waals surface area contributed by atoms with Crippen LogP contribution < -0.4 is 10.2 Å². The summed E-state index contributed by atoms with van der Waals surface area (Å²) in [6, 6.07) is 9.33. The Morgan fingerprint density at radius 2 is 2.00 bits per heavy atom. The van der Waals surface area contributed by atoms with Crippen molar-refractivity contribution in [3.63, 3.8) is 0 Å². The Kier molecular flexibility index (Phi) is 4.61. The molecule has 0 bridgehead atoms. The second-order valence-electron chi connectivity index (χ2n) is 5.09. The molecule has 2 unspecified atom stereocenters. The van der Waals surface area contributed by atoms with Crippen LogP contribution in [0.1, 0.15) is 26.3 Å². The molecule has 1 saturated heterocycles. The summed E-state index contributed by atoms with van der Waals surface area (Å²) in [6.45, 7) is 10.3. The standard InChI is InChI=1S/C15H24N2O/c1-4-16-9-14-5-7-15(8-6-14)17-10-13(3)18-11-12(17)2/h5-8,12-13,16H,4,9-11H2,1-3H3. The van der Waals surface area contributed by atoms with Gasteiger partial charge in [0, 0.05) is 24.8 Å². The van der Waals surface area contributed by atoms with Crippen molar-refractivity contribution in [1.29, 1.82) is 0 Å². The predicted octanol–water partition coefficient (Wildman–Crippen LogP) is 2.41. The van der Waals surface area contributed by atoms with Crippen LogP contribution in [0.2, 0.25) is 0 Å². The van der Waals surface area contributed by atoms with Crippen LogP contribution in [0.15, 0.2) is 24.3 Å². The smallest absolute Gasteiger partial charge is 0.0723 e. The van der Waals surface area contributed by atoms with E-state index in [1.54, 1.807) is 0 Å². The highest BCUT2D eigenvalue weighted by atomic mass is 16.5. The van der Waals surface area contributed by atoms with E-state index in [1.165, 1.54) is 11.3 Å². The highest BCUT2D eigenvalue weighted by Gasteiger charge is 2.23. The second-order valence-corrected chi connectivity index (χ2v) is 5.09. The van der Waals surface area contributed by atoms with E-state index in [4.69, 9.17) is 4.74 Å². The molecule has 1 aromatic carbocycles. The lowest BCUT2D eigenvalue weighted by atomic mass is 10.1. The topological polar surface area (TPSA) is 24.5 Å². The summed E-state index contributed by atoms with van der Waals surface area (Å²) in [5.74, 6) is 0. The van der Waals surface area contributed by atoms with Gasteiger partial charge < -0.3 is 15.0 Å². The molecule has 1 heterocycles. The van der Waals surface area contributed by atoms with Crippen molar-refractivity contribution in [2.24, 2.45) is 0 Å². The van der Waals surface area contributed by atoms with Gasteiger partial charge in [0.15, 0.2) is 0 Å². The molecule has 1 aliphatic rings. The van der Waals surface area contributed by atoms with E-state index in [2.05, 4.69) is 55.3 Å². The molecule has 1 aromatic rings. The van der Waals surface area contributed by atoms with Crippen LogP contribution in [-0.2, 0) is 11.3 Å². The molecular formula is C15H24N2O. The van der Waals surface area contributed by atoms with Crippen LogP contribution in [-0.4, -0.2) is 31.8 Å². The highest BCUT2D eigenvalue weighted by molar-refractivity contribution is 5.49. The first-order valence-corrected chi connectivity index (χ1v) is 6.88. The van der Waals surface area contributed by atoms with Gasteiger partial charge in [0.2, 0.25) is 0 Å². The van der Waals surface area contributed by atoms with Gasteiger partial charge in [0.05, 0.1) is 12.7 Å². The fraction of sp³-hybridized carbons (Fsp3) is 0.600. The van der Waals surface area contributed by atoms with E-state index >= 15 is 0 Å². The van der Waals surface area contributed by atoms with E-state index in [-0.39, 0.29) is 0 Å². The summed E-state index contributed by atoms with van der Waals surface area (Å²) >= 11 is 0. The van der Waals surface area contributed by atoms with Crippen molar-refractivity contribution in [1.82, 2.24) is 5.32 Å². The largest absolute Gasteiger partial charge is 0.375 e. The summed E-state index contributed by atoms with van der Waals surface area (Å²) < 4.78 is 5.67. The van der Waals surface area contributed by atoms with Gasteiger partial charge in [-0.15, -0.1) is 0 Å². The number of anilines is 1. The molecule has 100 valence electrons. The van der Waals surface area contributed by atoms with E-state index in [0.29, 0.717) is 12.1 Å². The van der Waals surface area contributed by atoms with Gasteiger partial charge in [-0.3, -0.25) is 0 Å². The maximum Gasteiger partial charge on any atom is 0.0723 e. The van der Waals surface area contributed by atoms with Gasteiger partial charge in [-0.25, -0.2) is 0 Å². The number of rotatable bonds is 4. The summed E-state index contributed by atoms with van der Waals surface area (Å²) in [7, 11) is 0. The lowest BCUT2D eigenvalue weighted by molar-refractivity contribution is 0.0344. The third kappa shape index (κ3) is 3.24. The molecule has 0 radical (unpaired) electrons. The Labute approximate surface area is 110 Å². The molecule has 3 nitrogen and oxygen atoms in total. The fourth-order valence-electron chi connectivity index (χ4n) is 2.34. The van der Waals surface area contributed by atoms with Crippen molar-refractivity contribution in [2.75, 3.05) is 24.6 Å². The molecule has 0 saturated carbocycles. The van der Waals surface area contributed by atoms with Crippen LogP contribution in [0.4, 0.5) is 5.69 Å². The summed E-state index contributed by atoms with van der Waals surface area (Å²) in [4.78, 5) is 2.44. The average Bonchev–Trinajstić information content (AvgIpc) is 2.40. The molecule has 2 atom stereocenters. The molecule has 18 heavy (non-hydrogen) atoms. The van der Waals surface area contributed by atoms with E-state index in [0.717, 1.165) is 26.2 Å². The van der Waals surface area contributed by atoms with Gasteiger partial charge in [0.1, 0.15) is 0 Å².